The third-order valence-corrected chi connectivity index (χ3v) is 4.17. The number of anilines is 3. The van der Waals surface area contributed by atoms with E-state index in [0.717, 1.165) is 12.1 Å². The molecule has 2 heterocycles. The van der Waals surface area contributed by atoms with Gasteiger partial charge in [-0.15, -0.1) is 0 Å². The van der Waals surface area contributed by atoms with Crippen molar-refractivity contribution in [2.75, 3.05) is 55.5 Å². The summed E-state index contributed by atoms with van der Waals surface area (Å²) in [5, 5.41) is 2.60. The monoisotopic (exact) mass is 395 g/mol. The molecule has 10 heteroatoms. The van der Waals surface area contributed by atoms with Gasteiger partial charge < -0.3 is 19.9 Å². The summed E-state index contributed by atoms with van der Waals surface area (Å²) >= 11 is 0. The smallest absolute Gasteiger partial charge is 0.378 e. The third kappa shape index (κ3) is 4.50. The molecule has 0 saturated carbocycles. The zero-order chi connectivity index (χ0) is 20.3. The van der Waals surface area contributed by atoms with Crippen LogP contribution in [0, 0.1) is 0 Å². The first-order valence-corrected chi connectivity index (χ1v) is 8.61. The van der Waals surface area contributed by atoms with E-state index >= 15 is 0 Å². The lowest BCUT2D eigenvalue weighted by Gasteiger charge is -2.28. The van der Waals surface area contributed by atoms with Gasteiger partial charge in [0.15, 0.2) is 5.82 Å². The maximum absolute atomic E-state index is 12.9. The summed E-state index contributed by atoms with van der Waals surface area (Å²) in [5.41, 5.74) is -0.673. The molecule has 1 amide bonds. The van der Waals surface area contributed by atoms with Gasteiger partial charge in [0.25, 0.3) is 5.91 Å². The van der Waals surface area contributed by atoms with Gasteiger partial charge in [0.2, 0.25) is 5.95 Å². The molecular formula is C18H20F3N5O2. The second kappa shape index (κ2) is 8.01. The van der Waals surface area contributed by atoms with Crippen LogP contribution in [0.5, 0.6) is 0 Å². The Labute approximate surface area is 160 Å². The molecule has 1 aliphatic rings. The number of morpholine rings is 1. The number of aromatic nitrogens is 2. The molecule has 1 aliphatic heterocycles. The summed E-state index contributed by atoms with van der Waals surface area (Å²) in [4.78, 5) is 24.9. The quantitative estimate of drug-likeness (QED) is 0.858. The lowest BCUT2D eigenvalue weighted by molar-refractivity contribution is -0.137. The van der Waals surface area contributed by atoms with Gasteiger partial charge in [0.1, 0.15) is 5.69 Å². The molecule has 1 aromatic carbocycles. The Kier molecular flexibility index (Phi) is 5.68. The largest absolute Gasteiger partial charge is 0.416 e. The number of hydrogen-bond acceptors (Lipinski definition) is 6. The van der Waals surface area contributed by atoms with Gasteiger partial charge in [-0.1, -0.05) is 6.07 Å². The molecule has 0 unspecified atom stereocenters. The van der Waals surface area contributed by atoms with E-state index in [1.165, 1.54) is 18.3 Å². The van der Waals surface area contributed by atoms with Crippen molar-refractivity contribution in [3.63, 3.8) is 0 Å². The first-order chi connectivity index (χ1) is 13.3. The van der Waals surface area contributed by atoms with Gasteiger partial charge in [-0.2, -0.15) is 18.2 Å². The fourth-order valence-electron chi connectivity index (χ4n) is 2.74. The third-order valence-electron chi connectivity index (χ3n) is 4.17. The first-order valence-electron chi connectivity index (χ1n) is 8.61. The maximum Gasteiger partial charge on any atom is 0.416 e. The van der Waals surface area contributed by atoms with Crippen molar-refractivity contribution in [3.05, 3.63) is 41.6 Å². The number of nitrogens with zero attached hydrogens (tertiary/aromatic N) is 4. The summed E-state index contributed by atoms with van der Waals surface area (Å²) in [6.07, 6.45) is -3.06. The second-order valence-electron chi connectivity index (χ2n) is 6.43. The van der Waals surface area contributed by atoms with Gasteiger partial charge in [-0.25, -0.2) is 4.98 Å². The number of carbonyl (C=O) groups excluding carboxylic acids is 1. The van der Waals surface area contributed by atoms with Crippen molar-refractivity contribution in [2.45, 2.75) is 6.18 Å². The Bertz CT molecular complexity index is 851. The molecule has 0 radical (unpaired) electrons. The van der Waals surface area contributed by atoms with Crippen molar-refractivity contribution >= 4 is 23.4 Å². The summed E-state index contributed by atoms with van der Waals surface area (Å²) in [5.74, 6) is 0.290. The molecule has 0 spiro atoms. The van der Waals surface area contributed by atoms with Crippen LogP contribution in [-0.4, -0.2) is 56.3 Å². The number of rotatable bonds is 4. The summed E-state index contributed by atoms with van der Waals surface area (Å²) in [6.45, 7) is 2.47. The van der Waals surface area contributed by atoms with Crippen molar-refractivity contribution in [3.8, 4) is 0 Å². The molecule has 1 aromatic heterocycles. The normalized spacial score (nSPS) is 14.7. The standard InChI is InChI=1S/C18H20F3N5O2/c1-25(2)15-14(11-22-17(24-15)26-6-8-28-9-7-26)23-16(27)12-4-3-5-13(10-12)18(19,20)21/h3-5,10-11H,6-9H2,1-2H3,(H,23,27). The fraction of sp³-hybridized carbons (Fsp3) is 0.389. The fourth-order valence-corrected chi connectivity index (χ4v) is 2.74. The lowest BCUT2D eigenvalue weighted by Crippen LogP contribution is -2.37. The van der Waals surface area contributed by atoms with Gasteiger partial charge in [0.05, 0.1) is 25.0 Å². The molecule has 1 N–H and O–H groups in total. The van der Waals surface area contributed by atoms with Crippen LogP contribution in [-0.2, 0) is 10.9 Å². The molecular weight excluding hydrogens is 375 g/mol. The average Bonchev–Trinajstić information content (AvgIpc) is 2.68. The number of benzene rings is 1. The Morgan fingerprint density at radius 2 is 1.96 bits per heavy atom. The number of halogens is 3. The minimum absolute atomic E-state index is 0.100. The molecule has 0 bridgehead atoms. The van der Waals surface area contributed by atoms with Crippen LogP contribution in [0.2, 0.25) is 0 Å². The molecule has 0 atom stereocenters. The highest BCUT2D eigenvalue weighted by Gasteiger charge is 2.31. The maximum atomic E-state index is 12.9. The first kappa shape index (κ1) is 19.9. The van der Waals surface area contributed by atoms with Crippen LogP contribution in [0.25, 0.3) is 0 Å². The predicted molar refractivity (Wildman–Crippen MR) is 98.8 cm³/mol. The number of nitrogens with one attached hydrogen (secondary N) is 1. The van der Waals surface area contributed by atoms with Crippen LogP contribution < -0.4 is 15.1 Å². The minimum atomic E-state index is -4.52. The summed E-state index contributed by atoms with van der Waals surface area (Å²) in [6, 6.07) is 4.25. The van der Waals surface area contributed by atoms with Crippen LogP contribution in [0.15, 0.2) is 30.5 Å². The van der Waals surface area contributed by atoms with Gasteiger partial charge in [-0.3, -0.25) is 4.79 Å². The van der Waals surface area contributed by atoms with E-state index in [-0.39, 0.29) is 5.56 Å². The van der Waals surface area contributed by atoms with Crippen LogP contribution in [0.1, 0.15) is 15.9 Å². The Balaban J connectivity index is 1.84. The number of alkyl halides is 3. The van der Waals surface area contributed by atoms with Crippen molar-refractivity contribution in [1.82, 2.24) is 9.97 Å². The Hall–Kier alpha value is -2.88. The molecule has 150 valence electrons. The van der Waals surface area contributed by atoms with E-state index in [0.29, 0.717) is 43.8 Å². The van der Waals surface area contributed by atoms with E-state index in [2.05, 4.69) is 15.3 Å². The van der Waals surface area contributed by atoms with Crippen LogP contribution in [0.4, 0.5) is 30.6 Å². The number of ether oxygens (including phenoxy) is 1. The Morgan fingerprint density at radius 1 is 1.25 bits per heavy atom. The topological polar surface area (TPSA) is 70.6 Å². The summed E-state index contributed by atoms with van der Waals surface area (Å²) < 4.78 is 43.9. The van der Waals surface area contributed by atoms with E-state index < -0.39 is 17.6 Å². The van der Waals surface area contributed by atoms with Gasteiger partial charge in [0, 0.05) is 32.7 Å². The van der Waals surface area contributed by atoms with Crippen LogP contribution >= 0.6 is 0 Å². The highest BCUT2D eigenvalue weighted by atomic mass is 19.4. The van der Waals surface area contributed by atoms with E-state index in [4.69, 9.17) is 4.74 Å². The highest BCUT2D eigenvalue weighted by Crippen LogP contribution is 2.30. The van der Waals surface area contributed by atoms with Crippen LogP contribution in [0.3, 0.4) is 0 Å². The van der Waals surface area contributed by atoms with E-state index in [1.807, 2.05) is 4.90 Å². The lowest BCUT2D eigenvalue weighted by atomic mass is 10.1. The molecule has 3 rings (SSSR count). The zero-order valence-electron chi connectivity index (χ0n) is 15.5. The molecule has 0 aliphatic carbocycles. The molecule has 1 saturated heterocycles. The average molecular weight is 395 g/mol. The van der Waals surface area contributed by atoms with E-state index in [1.54, 1.807) is 19.0 Å². The molecule has 7 nitrogen and oxygen atoms in total. The van der Waals surface area contributed by atoms with Crippen molar-refractivity contribution in [2.24, 2.45) is 0 Å². The zero-order valence-corrected chi connectivity index (χ0v) is 15.5. The highest BCUT2D eigenvalue weighted by molar-refractivity contribution is 6.05. The number of carbonyl (C=O) groups is 1. The SMILES string of the molecule is CN(C)c1nc(N2CCOCC2)ncc1NC(=O)c1cccc(C(F)(F)F)c1. The molecule has 28 heavy (non-hydrogen) atoms. The Morgan fingerprint density at radius 3 is 2.61 bits per heavy atom. The molecule has 2 aromatic rings. The number of amides is 1. The predicted octanol–water partition coefficient (Wildman–Crippen LogP) is 2.65. The summed E-state index contributed by atoms with van der Waals surface area (Å²) in [7, 11) is 3.51. The van der Waals surface area contributed by atoms with Gasteiger partial charge >= 0.3 is 6.18 Å². The number of hydrogen-bond donors (Lipinski definition) is 1. The van der Waals surface area contributed by atoms with Crippen molar-refractivity contribution < 1.29 is 22.7 Å². The van der Waals surface area contributed by atoms with E-state index in [9.17, 15) is 18.0 Å². The van der Waals surface area contributed by atoms with Gasteiger partial charge in [-0.05, 0) is 18.2 Å². The second-order valence-corrected chi connectivity index (χ2v) is 6.43. The van der Waals surface area contributed by atoms with Crippen molar-refractivity contribution in [1.29, 1.82) is 0 Å². The minimum Gasteiger partial charge on any atom is -0.378 e. The molecule has 1 fully saturated rings.